The Kier molecular flexibility index (Phi) is 3.49. The molecule has 0 saturated carbocycles. The van der Waals surface area contributed by atoms with E-state index in [4.69, 9.17) is 0 Å². The Balaban J connectivity index is 2.03. The Morgan fingerprint density at radius 3 is 2.68 bits per heavy atom. The molecule has 0 aromatic carbocycles. The van der Waals surface area contributed by atoms with Crippen LogP contribution in [0.4, 0.5) is 4.79 Å². The van der Waals surface area contributed by atoms with Gasteiger partial charge in [0, 0.05) is 6.54 Å². The first-order chi connectivity index (χ1) is 8.86. The first-order valence-electron chi connectivity index (χ1n) is 6.41. The van der Waals surface area contributed by atoms with Crippen LogP contribution in [0.25, 0.3) is 0 Å². The predicted molar refractivity (Wildman–Crippen MR) is 66.1 cm³/mol. The van der Waals surface area contributed by atoms with E-state index in [9.17, 15) is 19.5 Å². The van der Waals surface area contributed by atoms with Crippen LogP contribution < -0.4 is 5.32 Å². The number of aliphatic hydroxyl groups is 1. The van der Waals surface area contributed by atoms with Crippen LogP contribution in [0.1, 0.15) is 26.7 Å². The molecule has 2 saturated heterocycles. The van der Waals surface area contributed by atoms with Crippen molar-refractivity contribution in [3.05, 3.63) is 0 Å². The van der Waals surface area contributed by atoms with Crippen molar-refractivity contribution in [2.75, 3.05) is 19.7 Å². The van der Waals surface area contributed by atoms with Crippen molar-refractivity contribution in [3.63, 3.8) is 0 Å². The van der Waals surface area contributed by atoms with E-state index >= 15 is 0 Å². The van der Waals surface area contributed by atoms with Gasteiger partial charge in [0.05, 0.1) is 12.6 Å². The zero-order valence-corrected chi connectivity index (χ0v) is 11.2. The molecule has 0 bridgehead atoms. The van der Waals surface area contributed by atoms with Gasteiger partial charge in [-0.3, -0.25) is 14.5 Å². The van der Waals surface area contributed by atoms with E-state index in [-0.39, 0.29) is 25.1 Å². The second-order valence-electron chi connectivity index (χ2n) is 5.51. The molecule has 0 spiro atoms. The van der Waals surface area contributed by atoms with Crippen molar-refractivity contribution in [3.8, 4) is 0 Å². The van der Waals surface area contributed by atoms with Crippen LogP contribution in [0.5, 0.6) is 0 Å². The van der Waals surface area contributed by atoms with E-state index in [1.54, 1.807) is 18.7 Å². The highest BCUT2D eigenvalue weighted by atomic mass is 16.3. The molecule has 106 valence electrons. The number of hydrogen-bond acceptors (Lipinski definition) is 4. The maximum atomic E-state index is 12.1. The molecule has 0 unspecified atom stereocenters. The van der Waals surface area contributed by atoms with Crippen LogP contribution >= 0.6 is 0 Å². The summed E-state index contributed by atoms with van der Waals surface area (Å²) in [6.07, 6.45) is 1.59. The quantitative estimate of drug-likeness (QED) is 0.663. The largest absolute Gasteiger partial charge is 0.394 e. The molecule has 0 radical (unpaired) electrons. The van der Waals surface area contributed by atoms with E-state index in [1.165, 1.54) is 0 Å². The van der Waals surface area contributed by atoms with Crippen LogP contribution in [0, 0.1) is 0 Å². The maximum Gasteiger partial charge on any atom is 0.325 e. The molecule has 2 aliphatic rings. The van der Waals surface area contributed by atoms with Gasteiger partial charge < -0.3 is 15.3 Å². The topological polar surface area (TPSA) is 90.0 Å². The number of nitrogens with one attached hydrogen (secondary N) is 1. The van der Waals surface area contributed by atoms with Crippen molar-refractivity contribution < 1.29 is 19.5 Å². The third-order valence-electron chi connectivity index (χ3n) is 3.65. The number of imide groups is 1. The summed E-state index contributed by atoms with van der Waals surface area (Å²) in [5, 5.41) is 11.7. The zero-order valence-electron chi connectivity index (χ0n) is 11.2. The monoisotopic (exact) mass is 269 g/mol. The molecular formula is C12H19N3O4. The third kappa shape index (κ3) is 2.42. The maximum absolute atomic E-state index is 12.1. The van der Waals surface area contributed by atoms with Gasteiger partial charge in [-0.2, -0.15) is 0 Å². The molecule has 1 atom stereocenters. The number of likely N-dealkylation sites (tertiary alicyclic amines) is 1. The SMILES string of the molecule is CC1(C)NC(=O)N(CC(=O)N2CCC[C@@H]2CO)C1=O. The average molecular weight is 269 g/mol. The van der Waals surface area contributed by atoms with Crippen LogP contribution in [0.15, 0.2) is 0 Å². The van der Waals surface area contributed by atoms with Gasteiger partial charge >= 0.3 is 6.03 Å². The van der Waals surface area contributed by atoms with Crippen LogP contribution in [-0.4, -0.2) is 64.0 Å². The molecule has 4 amide bonds. The average Bonchev–Trinajstić information content (AvgIpc) is 2.88. The van der Waals surface area contributed by atoms with Crippen molar-refractivity contribution in [1.29, 1.82) is 0 Å². The van der Waals surface area contributed by atoms with Gasteiger partial charge in [0.1, 0.15) is 12.1 Å². The summed E-state index contributed by atoms with van der Waals surface area (Å²) in [5.74, 6) is -0.691. The molecule has 0 aromatic rings. The summed E-state index contributed by atoms with van der Waals surface area (Å²) < 4.78 is 0. The number of rotatable bonds is 3. The number of carbonyl (C=O) groups is 3. The standard InChI is InChI=1S/C12H19N3O4/c1-12(2)10(18)15(11(19)13-12)6-9(17)14-5-3-4-8(14)7-16/h8,16H,3-7H2,1-2H3,(H,13,19)/t8-/m1/s1. The molecule has 2 heterocycles. The van der Waals surface area contributed by atoms with E-state index in [0.29, 0.717) is 6.54 Å². The first-order valence-corrected chi connectivity index (χ1v) is 6.41. The van der Waals surface area contributed by atoms with Crippen LogP contribution in [-0.2, 0) is 9.59 Å². The highest BCUT2D eigenvalue weighted by Gasteiger charge is 2.45. The fraction of sp³-hybridized carbons (Fsp3) is 0.750. The van der Waals surface area contributed by atoms with Crippen molar-refractivity contribution in [2.45, 2.75) is 38.3 Å². The van der Waals surface area contributed by atoms with E-state index < -0.39 is 17.5 Å². The molecule has 7 heteroatoms. The fourth-order valence-corrected chi connectivity index (χ4v) is 2.54. The molecular weight excluding hydrogens is 250 g/mol. The Hall–Kier alpha value is -1.63. The lowest BCUT2D eigenvalue weighted by Gasteiger charge is -2.25. The Labute approximate surface area is 111 Å². The molecule has 0 aromatic heterocycles. The lowest BCUT2D eigenvalue weighted by atomic mass is 10.1. The normalized spacial score (nSPS) is 25.9. The minimum absolute atomic E-state index is 0.0859. The smallest absolute Gasteiger partial charge is 0.325 e. The minimum atomic E-state index is -0.960. The van der Waals surface area contributed by atoms with Crippen molar-refractivity contribution >= 4 is 17.8 Å². The number of hydrogen-bond donors (Lipinski definition) is 2. The number of aliphatic hydroxyl groups excluding tert-OH is 1. The highest BCUT2D eigenvalue weighted by Crippen LogP contribution is 2.20. The van der Waals surface area contributed by atoms with E-state index in [2.05, 4.69) is 5.32 Å². The van der Waals surface area contributed by atoms with Crippen LogP contribution in [0.3, 0.4) is 0 Å². The number of amides is 4. The lowest BCUT2D eigenvalue weighted by Crippen LogP contribution is -2.46. The second-order valence-corrected chi connectivity index (χ2v) is 5.51. The van der Waals surface area contributed by atoms with Gasteiger partial charge in [0.25, 0.3) is 5.91 Å². The molecule has 19 heavy (non-hydrogen) atoms. The summed E-state index contributed by atoms with van der Waals surface area (Å²) >= 11 is 0. The third-order valence-corrected chi connectivity index (χ3v) is 3.65. The van der Waals surface area contributed by atoms with Gasteiger partial charge in [0.2, 0.25) is 5.91 Å². The Morgan fingerprint density at radius 1 is 1.47 bits per heavy atom. The predicted octanol–water partition coefficient (Wildman–Crippen LogP) is -0.700. The van der Waals surface area contributed by atoms with Gasteiger partial charge in [0.15, 0.2) is 0 Å². The van der Waals surface area contributed by atoms with Gasteiger partial charge in [-0.1, -0.05) is 0 Å². The van der Waals surface area contributed by atoms with Crippen LogP contribution in [0.2, 0.25) is 0 Å². The van der Waals surface area contributed by atoms with Gasteiger partial charge in [-0.25, -0.2) is 4.79 Å². The lowest BCUT2D eigenvalue weighted by molar-refractivity contribution is -0.139. The molecule has 2 rings (SSSR count). The zero-order chi connectivity index (χ0) is 14.2. The fourth-order valence-electron chi connectivity index (χ4n) is 2.54. The van der Waals surface area contributed by atoms with Gasteiger partial charge in [-0.05, 0) is 26.7 Å². The summed E-state index contributed by atoms with van der Waals surface area (Å²) in [5.41, 5.74) is -0.960. The van der Waals surface area contributed by atoms with Crippen molar-refractivity contribution in [2.24, 2.45) is 0 Å². The first kappa shape index (κ1) is 13.8. The molecule has 2 N–H and O–H groups in total. The van der Waals surface area contributed by atoms with Gasteiger partial charge in [-0.15, -0.1) is 0 Å². The summed E-state index contributed by atoms with van der Waals surface area (Å²) in [6.45, 7) is 3.42. The van der Waals surface area contributed by atoms with E-state index in [0.717, 1.165) is 17.7 Å². The molecule has 0 aliphatic carbocycles. The number of nitrogens with zero attached hydrogens (tertiary/aromatic N) is 2. The highest BCUT2D eigenvalue weighted by molar-refractivity contribution is 6.08. The van der Waals surface area contributed by atoms with Crippen molar-refractivity contribution in [1.82, 2.24) is 15.1 Å². The second kappa shape index (κ2) is 4.80. The Bertz CT molecular complexity index is 421. The number of urea groups is 1. The minimum Gasteiger partial charge on any atom is -0.394 e. The molecule has 2 aliphatic heterocycles. The molecule has 7 nitrogen and oxygen atoms in total. The number of carbonyl (C=O) groups excluding carboxylic acids is 3. The van der Waals surface area contributed by atoms with E-state index in [1.807, 2.05) is 0 Å². The summed E-state index contributed by atoms with van der Waals surface area (Å²) in [7, 11) is 0. The molecule has 2 fully saturated rings. The summed E-state index contributed by atoms with van der Waals surface area (Å²) in [6, 6.07) is -0.732. The Morgan fingerprint density at radius 2 is 2.16 bits per heavy atom. The summed E-state index contributed by atoms with van der Waals surface area (Å²) in [4.78, 5) is 38.2.